The molecule has 5 heteroatoms. The minimum atomic E-state index is 0.524. The van der Waals surface area contributed by atoms with E-state index in [1.165, 1.54) is 0 Å². The molecular weight excluding hydrogens is 250 g/mol. The summed E-state index contributed by atoms with van der Waals surface area (Å²) in [6, 6.07) is 1.67. The first-order chi connectivity index (χ1) is 6.65. The van der Waals surface area contributed by atoms with Gasteiger partial charge in [0.15, 0.2) is 11.5 Å². The van der Waals surface area contributed by atoms with E-state index in [2.05, 4.69) is 15.9 Å². The summed E-state index contributed by atoms with van der Waals surface area (Å²) in [5.41, 5.74) is 6.27. The number of anilines is 1. The summed E-state index contributed by atoms with van der Waals surface area (Å²) in [4.78, 5) is 0. The summed E-state index contributed by atoms with van der Waals surface area (Å²) < 4.78 is 16.1. The summed E-state index contributed by atoms with van der Waals surface area (Å²) in [6.45, 7) is 0. The van der Waals surface area contributed by atoms with Crippen molar-refractivity contribution in [3.05, 3.63) is 10.5 Å². The number of benzene rings is 1. The minimum absolute atomic E-state index is 0.524. The van der Waals surface area contributed by atoms with Gasteiger partial charge in [0.2, 0.25) is 5.75 Å². The van der Waals surface area contributed by atoms with Crippen molar-refractivity contribution in [3.63, 3.8) is 0 Å². The molecule has 0 radical (unpaired) electrons. The molecule has 0 aliphatic rings. The van der Waals surface area contributed by atoms with Crippen LogP contribution < -0.4 is 19.9 Å². The van der Waals surface area contributed by atoms with Crippen molar-refractivity contribution in [2.75, 3.05) is 27.1 Å². The lowest BCUT2D eigenvalue weighted by Crippen LogP contribution is -1.98. The third-order valence-corrected chi connectivity index (χ3v) is 2.62. The lowest BCUT2D eigenvalue weighted by Gasteiger charge is -2.14. The molecule has 0 atom stereocenters. The minimum Gasteiger partial charge on any atom is -0.493 e. The molecule has 0 amide bonds. The Morgan fingerprint density at radius 3 is 2.07 bits per heavy atom. The lowest BCUT2D eigenvalue weighted by atomic mass is 10.2. The predicted octanol–water partition coefficient (Wildman–Crippen LogP) is 2.06. The average molecular weight is 262 g/mol. The number of hydrogen-bond donors (Lipinski definition) is 1. The molecule has 0 heterocycles. The van der Waals surface area contributed by atoms with Crippen molar-refractivity contribution in [3.8, 4) is 17.2 Å². The van der Waals surface area contributed by atoms with Crippen molar-refractivity contribution in [2.24, 2.45) is 0 Å². The fraction of sp³-hybridized carbons (Fsp3) is 0.333. The van der Waals surface area contributed by atoms with Gasteiger partial charge in [-0.2, -0.15) is 0 Å². The second-order valence-corrected chi connectivity index (χ2v) is 3.34. The topological polar surface area (TPSA) is 53.7 Å². The van der Waals surface area contributed by atoms with Gasteiger partial charge in [0, 0.05) is 6.07 Å². The Kier molecular flexibility index (Phi) is 3.46. The number of halogens is 1. The Morgan fingerprint density at radius 2 is 1.64 bits per heavy atom. The molecule has 78 valence electrons. The fourth-order valence-electron chi connectivity index (χ4n) is 1.14. The summed E-state index contributed by atoms with van der Waals surface area (Å²) in [5, 5.41) is 0. The fourth-order valence-corrected chi connectivity index (χ4v) is 1.60. The molecule has 1 aromatic carbocycles. The second kappa shape index (κ2) is 4.41. The molecule has 0 unspecified atom stereocenters. The van der Waals surface area contributed by atoms with Gasteiger partial charge >= 0.3 is 0 Å². The van der Waals surface area contributed by atoms with E-state index in [-0.39, 0.29) is 0 Å². The average Bonchev–Trinajstić information content (AvgIpc) is 2.20. The van der Waals surface area contributed by atoms with E-state index in [1.54, 1.807) is 27.4 Å². The van der Waals surface area contributed by atoms with Crippen LogP contribution >= 0.6 is 15.9 Å². The van der Waals surface area contributed by atoms with E-state index in [4.69, 9.17) is 19.9 Å². The van der Waals surface area contributed by atoms with Crippen molar-refractivity contribution in [1.82, 2.24) is 0 Å². The highest BCUT2D eigenvalue weighted by molar-refractivity contribution is 9.10. The van der Waals surface area contributed by atoms with Gasteiger partial charge in [0.05, 0.1) is 31.5 Å². The van der Waals surface area contributed by atoms with Gasteiger partial charge in [-0.25, -0.2) is 0 Å². The molecule has 0 aromatic heterocycles. The SMILES string of the molecule is COc1cc(N)c(Br)c(OC)c1OC. The molecule has 0 aliphatic heterocycles. The molecule has 1 rings (SSSR count). The van der Waals surface area contributed by atoms with Crippen LogP contribution in [0.15, 0.2) is 10.5 Å². The lowest BCUT2D eigenvalue weighted by molar-refractivity contribution is 0.323. The van der Waals surface area contributed by atoms with Crippen molar-refractivity contribution in [2.45, 2.75) is 0 Å². The number of rotatable bonds is 3. The largest absolute Gasteiger partial charge is 0.493 e. The van der Waals surface area contributed by atoms with Gasteiger partial charge in [0.25, 0.3) is 0 Å². The van der Waals surface area contributed by atoms with E-state index in [9.17, 15) is 0 Å². The number of hydrogen-bond acceptors (Lipinski definition) is 4. The van der Waals surface area contributed by atoms with E-state index < -0.39 is 0 Å². The zero-order chi connectivity index (χ0) is 10.7. The van der Waals surface area contributed by atoms with E-state index in [1.807, 2.05) is 0 Å². The van der Waals surface area contributed by atoms with Gasteiger partial charge < -0.3 is 19.9 Å². The van der Waals surface area contributed by atoms with Crippen LogP contribution in [-0.4, -0.2) is 21.3 Å². The molecule has 2 N–H and O–H groups in total. The van der Waals surface area contributed by atoms with Gasteiger partial charge in [-0.1, -0.05) is 0 Å². The highest BCUT2D eigenvalue weighted by atomic mass is 79.9. The molecule has 4 nitrogen and oxygen atoms in total. The highest BCUT2D eigenvalue weighted by Crippen LogP contribution is 2.45. The second-order valence-electron chi connectivity index (χ2n) is 2.55. The van der Waals surface area contributed by atoms with Crippen LogP contribution in [0.3, 0.4) is 0 Å². The van der Waals surface area contributed by atoms with Crippen LogP contribution in [0.4, 0.5) is 5.69 Å². The van der Waals surface area contributed by atoms with Crippen molar-refractivity contribution >= 4 is 21.6 Å². The van der Waals surface area contributed by atoms with Crippen LogP contribution in [0, 0.1) is 0 Å². The number of methoxy groups -OCH3 is 3. The van der Waals surface area contributed by atoms with Crippen LogP contribution in [0.1, 0.15) is 0 Å². The smallest absolute Gasteiger partial charge is 0.204 e. The van der Waals surface area contributed by atoms with Gasteiger partial charge in [-0.15, -0.1) is 0 Å². The van der Waals surface area contributed by atoms with E-state index in [0.29, 0.717) is 27.4 Å². The molecule has 0 fully saturated rings. The van der Waals surface area contributed by atoms with Gasteiger partial charge in [0.1, 0.15) is 0 Å². The molecule has 0 saturated heterocycles. The first-order valence-electron chi connectivity index (χ1n) is 3.89. The van der Waals surface area contributed by atoms with Crippen LogP contribution in [0.25, 0.3) is 0 Å². The maximum atomic E-state index is 5.73. The molecule has 0 spiro atoms. The summed E-state index contributed by atoms with van der Waals surface area (Å²) >= 11 is 3.31. The summed E-state index contributed by atoms with van der Waals surface area (Å²) in [7, 11) is 4.63. The normalized spacial score (nSPS) is 9.71. The highest BCUT2D eigenvalue weighted by Gasteiger charge is 2.17. The molecule has 1 aromatic rings. The number of nitrogen functional groups attached to an aromatic ring is 1. The molecule has 0 bridgehead atoms. The Balaban J connectivity index is 3.42. The van der Waals surface area contributed by atoms with Crippen LogP contribution in [0.2, 0.25) is 0 Å². The maximum absolute atomic E-state index is 5.73. The Bertz CT molecular complexity index is 341. The van der Waals surface area contributed by atoms with Gasteiger partial charge in [-0.3, -0.25) is 0 Å². The monoisotopic (exact) mass is 261 g/mol. The van der Waals surface area contributed by atoms with Crippen molar-refractivity contribution in [1.29, 1.82) is 0 Å². The van der Waals surface area contributed by atoms with Gasteiger partial charge in [-0.05, 0) is 15.9 Å². The third-order valence-electron chi connectivity index (χ3n) is 1.80. The van der Waals surface area contributed by atoms with Crippen LogP contribution in [-0.2, 0) is 0 Å². The van der Waals surface area contributed by atoms with Crippen molar-refractivity contribution < 1.29 is 14.2 Å². The first-order valence-corrected chi connectivity index (χ1v) is 4.69. The van der Waals surface area contributed by atoms with E-state index >= 15 is 0 Å². The van der Waals surface area contributed by atoms with Crippen LogP contribution in [0.5, 0.6) is 17.2 Å². The maximum Gasteiger partial charge on any atom is 0.204 e. The zero-order valence-electron chi connectivity index (χ0n) is 8.26. The molecule has 0 aliphatic carbocycles. The predicted molar refractivity (Wildman–Crippen MR) is 58.2 cm³/mol. The Hall–Kier alpha value is -1.10. The number of ether oxygens (including phenoxy) is 3. The summed E-state index contributed by atoms with van der Waals surface area (Å²) in [6.07, 6.45) is 0. The summed E-state index contributed by atoms with van der Waals surface area (Å²) in [5.74, 6) is 1.60. The Labute approximate surface area is 91.1 Å². The number of nitrogens with two attached hydrogens (primary N) is 1. The van der Waals surface area contributed by atoms with E-state index in [0.717, 1.165) is 0 Å². The molecule has 14 heavy (non-hydrogen) atoms. The standard InChI is InChI=1S/C9H12BrNO3/c1-12-6-4-5(11)7(10)9(14-3)8(6)13-2/h4H,11H2,1-3H3. The molecule has 0 saturated carbocycles. The Morgan fingerprint density at radius 1 is 1.07 bits per heavy atom. The molecular formula is C9H12BrNO3. The quantitative estimate of drug-likeness (QED) is 0.847. The first kappa shape index (κ1) is 11.0. The third kappa shape index (κ3) is 1.72. The zero-order valence-corrected chi connectivity index (χ0v) is 9.84.